The lowest BCUT2D eigenvalue weighted by molar-refractivity contribution is -0.141. The third-order valence-electron chi connectivity index (χ3n) is 4.23. The van der Waals surface area contributed by atoms with Gasteiger partial charge in [0.25, 0.3) is 5.91 Å². The van der Waals surface area contributed by atoms with Crippen LogP contribution in [0.25, 0.3) is 0 Å². The van der Waals surface area contributed by atoms with Gasteiger partial charge in [0.1, 0.15) is 0 Å². The first-order chi connectivity index (χ1) is 12.5. The number of rotatable bonds is 5. The van der Waals surface area contributed by atoms with Crippen molar-refractivity contribution < 1.29 is 23.9 Å². The maximum Gasteiger partial charge on any atom is 0.317 e. The van der Waals surface area contributed by atoms with Gasteiger partial charge in [0, 0.05) is 25.3 Å². The largest absolute Gasteiger partial charge is 0.481 e. The van der Waals surface area contributed by atoms with Crippen LogP contribution in [0.15, 0.2) is 47.1 Å². The number of hydrogen-bond acceptors (Lipinski definition) is 4. The van der Waals surface area contributed by atoms with E-state index in [1.807, 2.05) is 0 Å². The number of carbonyl (C=O) groups is 3. The zero-order valence-electron chi connectivity index (χ0n) is 14.0. The highest BCUT2D eigenvalue weighted by Gasteiger charge is 2.30. The van der Waals surface area contributed by atoms with Crippen molar-refractivity contribution >= 4 is 23.6 Å². The van der Waals surface area contributed by atoms with Crippen LogP contribution in [0, 0.1) is 5.92 Å². The Morgan fingerprint density at radius 1 is 1.19 bits per heavy atom. The first-order valence-electron chi connectivity index (χ1n) is 8.22. The highest BCUT2D eigenvalue weighted by molar-refractivity contribution is 6.02. The van der Waals surface area contributed by atoms with Crippen molar-refractivity contribution in [2.45, 2.75) is 13.0 Å². The number of carboxylic acids is 1. The second-order valence-electron chi connectivity index (χ2n) is 6.06. The summed E-state index contributed by atoms with van der Waals surface area (Å²) in [6.07, 6.45) is 1.91. The van der Waals surface area contributed by atoms with Crippen molar-refractivity contribution in [3.63, 3.8) is 0 Å². The maximum absolute atomic E-state index is 12.1. The predicted molar refractivity (Wildman–Crippen MR) is 92.7 cm³/mol. The normalized spacial score (nSPS) is 16.3. The lowest BCUT2D eigenvalue weighted by atomic mass is 10.1. The van der Waals surface area contributed by atoms with Gasteiger partial charge in [-0.2, -0.15) is 0 Å². The van der Waals surface area contributed by atoms with Crippen LogP contribution in [0.4, 0.5) is 10.5 Å². The molecule has 1 aliphatic heterocycles. The molecule has 1 unspecified atom stereocenters. The number of carboxylic acid groups (broad SMARTS) is 1. The van der Waals surface area contributed by atoms with Crippen molar-refractivity contribution in [3.8, 4) is 0 Å². The molecule has 1 aliphatic rings. The van der Waals surface area contributed by atoms with Crippen LogP contribution >= 0.6 is 0 Å². The SMILES string of the molecule is O=C(Nc1ccc(CNC(=O)N2CCC(C(=O)O)C2)cc1)c1ccco1. The first kappa shape index (κ1) is 17.5. The average molecular weight is 357 g/mol. The molecule has 1 atom stereocenters. The zero-order valence-corrected chi connectivity index (χ0v) is 14.0. The van der Waals surface area contributed by atoms with E-state index >= 15 is 0 Å². The summed E-state index contributed by atoms with van der Waals surface area (Å²) in [4.78, 5) is 36.4. The molecule has 8 heteroatoms. The van der Waals surface area contributed by atoms with E-state index in [0.29, 0.717) is 25.2 Å². The number of nitrogens with one attached hydrogen (secondary N) is 2. The molecule has 26 heavy (non-hydrogen) atoms. The molecular weight excluding hydrogens is 338 g/mol. The molecule has 1 saturated heterocycles. The Balaban J connectivity index is 1.48. The van der Waals surface area contributed by atoms with E-state index in [1.54, 1.807) is 36.4 Å². The molecule has 0 spiro atoms. The number of anilines is 1. The Morgan fingerprint density at radius 3 is 2.58 bits per heavy atom. The molecule has 136 valence electrons. The van der Waals surface area contributed by atoms with Gasteiger partial charge in [0.15, 0.2) is 5.76 Å². The number of aliphatic carboxylic acids is 1. The van der Waals surface area contributed by atoms with E-state index in [4.69, 9.17) is 9.52 Å². The summed E-state index contributed by atoms with van der Waals surface area (Å²) in [7, 11) is 0. The molecule has 8 nitrogen and oxygen atoms in total. The predicted octanol–water partition coefficient (Wildman–Crippen LogP) is 2.15. The van der Waals surface area contributed by atoms with Crippen LogP contribution in [0.1, 0.15) is 22.5 Å². The van der Waals surface area contributed by atoms with Crippen molar-refractivity contribution in [2.24, 2.45) is 5.92 Å². The van der Waals surface area contributed by atoms with Crippen molar-refractivity contribution in [1.82, 2.24) is 10.2 Å². The summed E-state index contributed by atoms with van der Waals surface area (Å²) < 4.78 is 5.03. The number of furan rings is 1. The van der Waals surface area contributed by atoms with E-state index in [-0.39, 0.29) is 24.2 Å². The highest BCUT2D eigenvalue weighted by atomic mass is 16.4. The Hall–Kier alpha value is -3.29. The lowest BCUT2D eigenvalue weighted by Crippen LogP contribution is -2.38. The topological polar surface area (TPSA) is 112 Å². The van der Waals surface area contributed by atoms with Crippen LogP contribution in [0.3, 0.4) is 0 Å². The molecule has 2 heterocycles. The summed E-state index contributed by atoms with van der Waals surface area (Å²) in [5.74, 6) is -1.46. The van der Waals surface area contributed by atoms with Crippen LogP contribution < -0.4 is 10.6 Å². The van der Waals surface area contributed by atoms with Crippen molar-refractivity contribution in [2.75, 3.05) is 18.4 Å². The van der Waals surface area contributed by atoms with Gasteiger partial charge in [0.05, 0.1) is 12.2 Å². The fourth-order valence-corrected chi connectivity index (χ4v) is 2.74. The van der Waals surface area contributed by atoms with Crippen molar-refractivity contribution in [1.29, 1.82) is 0 Å². The van der Waals surface area contributed by atoms with Gasteiger partial charge in [-0.1, -0.05) is 12.1 Å². The van der Waals surface area contributed by atoms with E-state index in [2.05, 4.69) is 10.6 Å². The summed E-state index contributed by atoms with van der Waals surface area (Å²) in [5.41, 5.74) is 1.48. The number of likely N-dealkylation sites (tertiary alicyclic amines) is 1. The monoisotopic (exact) mass is 357 g/mol. The number of nitrogens with zero attached hydrogens (tertiary/aromatic N) is 1. The molecule has 0 radical (unpaired) electrons. The molecule has 3 N–H and O–H groups in total. The second kappa shape index (κ2) is 7.73. The summed E-state index contributed by atoms with van der Waals surface area (Å²) in [6.45, 7) is 0.999. The third-order valence-corrected chi connectivity index (χ3v) is 4.23. The Labute approximate surface area is 149 Å². The van der Waals surface area contributed by atoms with E-state index in [1.165, 1.54) is 11.2 Å². The quantitative estimate of drug-likeness (QED) is 0.759. The van der Waals surface area contributed by atoms with Gasteiger partial charge < -0.3 is 25.1 Å². The van der Waals surface area contributed by atoms with Crippen LogP contribution in [-0.2, 0) is 11.3 Å². The number of carbonyl (C=O) groups excluding carboxylic acids is 2. The fraction of sp³-hybridized carbons (Fsp3) is 0.278. The fourth-order valence-electron chi connectivity index (χ4n) is 2.74. The molecule has 1 aromatic heterocycles. The Kier molecular flexibility index (Phi) is 5.21. The zero-order chi connectivity index (χ0) is 18.5. The van der Waals surface area contributed by atoms with Crippen LogP contribution in [0.5, 0.6) is 0 Å². The standard InChI is InChI=1S/C18H19N3O5/c22-16(15-2-1-9-26-15)20-14-5-3-12(4-6-14)10-19-18(25)21-8-7-13(11-21)17(23)24/h1-6,9,13H,7-8,10-11H2,(H,19,25)(H,20,22)(H,23,24). The minimum Gasteiger partial charge on any atom is -0.481 e. The van der Waals surface area contributed by atoms with Gasteiger partial charge in [-0.25, -0.2) is 4.79 Å². The van der Waals surface area contributed by atoms with E-state index in [0.717, 1.165) is 5.56 Å². The Bertz CT molecular complexity index is 786. The van der Waals surface area contributed by atoms with Gasteiger partial charge in [-0.05, 0) is 36.2 Å². The number of urea groups is 1. The molecule has 3 amide bonds. The molecule has 0 saturated carbocycles. The van der Waals surface area contributed by atoms with Gasteiger partial charge in [-0.3, -0.25) is 9.59 Å². The average Bonchev–Trinajstić information content (AvgIpc) is 3.32. The van der Waals surface area contributed by atoms with Crippen molar-refractivity contribution in [3.05, 3.63) is 54.0 Å². The van der Waals surface area contributed by atoms with Gasteiger partial charge >= 0.3 is 12.0 Å². The number of hydrogen-bond donors (Lipinski definition) is 3. The van der Waals surface area contributed by atoms with Crippen LogP contribution in [-0.4, -0.2) is 41.0 Å². The summed E-state index contributed by atoms with van der Waals surface area (Å²) in [6, 6.07) is 10.00. The Morgan fingerprint density at radius 2 is 1.96 bits per heavy atom. The molecule has 0 bridgehead atoms. The molecule has 3 rings (SSSR count). The minimum atomic E-state index is -0.868. The number of benzene rings is 1. The molecule has 1 aromatic carbocycles. The van der Waals surface area contributed by atoms with Gasteiger partial charge in [0.2, 0.25) is 0 Å². The summed E-state index contributed by atoms with van der Waals surface area (Å²) >= 11 is 0. The molecule has 0 aliphatic carbocycles. The first-order valence-corrected chi connectivity index (χ1v) is 8.22. The smallest absolute Gasteiger partial charge is 0.317 e. The number of amides is 3. The van der Waals surface area contributed by atoms with E-state index in [9.17, 15) is 14.4 Å². The third kappa shape index (κ3) is 4.21. The highest BCUT2D eigenvalue weighted by Crippen LogP contribution is 2.16. The van der Waals surface area contributed by atoms with Crippen LogP contribution in [0.2, 0.25) is 0 Å². The molecular formula is C18H19N3O5. The summed E-state index contributed by atoms with van der Waals surface area (Å²) in [5, 5.41) is 14.5. The molecule has 2 aromatic rings. The minimum absolute atomic E-state index is 0.228. The van der Waals surface area contributed by atoms with Gasteiger partial charge in [-0.15, -0.1) is 0 Å². The molecule has 1 fully saturated rings. The lowest BCUT2D eigenvalue weighted by Gasteiger charge is -2.16. The maximum atomic E-state index is 12.1. The van der Waals surface area contributed by atoms with E-state index < -0.39 is 11.9 Å². The second-order valence-corrected chi connectivity index (χ2v) is 6.06.